The summed E-state index contributed by atoms with van der Waals surface area (Å²) >= 11 is 6.07. The van der Waals surface area contributed by atoms with E-state index in [4.69, 9.17) is 16.4 Å². The molecular formula is C16H17ClN2O2. The van der Waals surface area contributed by atoms with E-state index in [9.17, 15) is 4.79 Å². The van der Waals surface area contributed by atoms with Gasteiger partial charge >= 0.3 is 0 Å². The Balaban J connectivity index is 2.43. The van der Waals surface area contributed by atoms with Crippen LogP contribution in [0.4, 0.5) is 11.4 Å². The molecule has 0 aliphatic heterocycles. The Kier molecular flexibility index (Phi) is 4.83. The number of carbonyl (C=O) groups excluding carboxylic acids is 1. The van der Waals surface area contributed by atoms with Crippen LogP contribution in [0.25, 0.3) is 0 Å². The topological polar surface area (TPSA) is 41.6 Å². The van der Waals surface area contributed by atoms with E-state index < -0.39 is 0 Å². The molecule has 0 bridgehead atoms. The van der Waals surface area contributed by atoms with E-state index in [1.54, 1.807) is 18.2 Å². The number of nitrogens with zero attached hydrogens (tertiary/aromatic N) is 1. The molecule has 0 aromatic heterocycles. The lowest BCUT2D eigenvalue weighted by Gasteiger charge is -2.22. The van der Waals surface area contributed by atoms with Gasteiger partial charge in [0.2, 0.25) is 0 Å². The average Bonchev–Trinajstić information content (AvgIpc) is 2.47. The van der Waals surface area contributed by atoms with Gasteiger partial charge in [-0.1, -0.05) is 29.3 Å². The van der Waals surface area contributed by atoms with Gasteiger partial charge in [-0.2, -0.15) is 0 Å². The predicted octanol–water partition coefficient (Wildman–Crippen LogP) is 3.71. The summed E-state index contributed by atoms with van der Waals surface area (Å²) in [5, 5.41) is 0.568. The molecule has 0 aliphatic carbocycles. The molecule has 0 spiro atoms. The van der Waals surface area contributed by atoms with Crippen molar-refractivity contribution < 1.29 is 9.63 Å². The van der Waals surface area contributed by atoms with Gasteiger partial charge in [-0.3, -0.25) is 9.63 Å². The van der Waals surface area contributed by atoms with Crippen LogP contribution >= 0.6 is 11.6 Å². The Morgan fingerprint density at radius 3 is 2.48 bits per heavy atom. The first kappa shape index (κ1) is 15.4. The molecule has 2 aromatic rings. The fourth-order valence-corrected chi connectivity index (χ4v) is 2.20. The second-order valence-corrected chi connectivity index (χ2v) is 5.13. The van der Waals surface area contributed by atoms with Crippen LogP contribution in [0.3, 0.4) is 0 Å². The smallest absolute Gasteiger partial charge is 0.276 e. The van der Waals surface area contributed by atoms with E-state index in [-0.39, 0.29) is 5.91 Å². The summed E-state index contributed by atoms with van der Waals surface area (Å²) in [6.45, 7) is 2.03. The highest BCUT2D eigenvalue weighted by molar-refractivity contribution is 6.31. The Labute approximate surface area is 129 Å². The van der Waals surface area contributed by atoms with E-state index in [0.29, 0.717) is 16.3 Å². The zero-order valence-electron chi connectivity index (χ0n) is 12.2. The fraction of sp³-hybridized carbons (Fsp3) is 0.188. The van der Waals surface area contributed by atoms with Crippen LogP contribution < -0.4 is 10.4 Å². The SMILES string of the molecule is CONC(=O)c1ccc(Cl)cc1N(C)c1ccc(C)cc1. The normalized spacial score (nSPS) is 10.3. The minimum Gasteiger partial charge on any atom is -0.344 e. The standard InChI is InChI=1S/C16H17ClN2O2/c1-11-4-7-13(8-5-11)19(2)15-10-12(17)6-9-14(15)16(20)18-21-3/h4-10H,1-3H3,(H,18,20). The van der Waals surface area contributed by atoms with Gasteiger partial charge in [-0.15, -0.1) is 0 Å². The van der Waals surface area contributed by atoms with Crippen molar-refractivity contribution in [3.63, 3.8) is 0 Å². The molecule has 0 unspecified atom stereocenters. The van der Waals surface area contributed by atoms with Gasteiger partial charge in [0.05, 0.1) is 18.4 Å². The number of aryl methyl sites for hydroxylation is 1. The van der Waals surface area contributed by atoms with Crippen molar-refractivity contribution in [1.29, 1.82) is 0 Å². The molecule has 0 aliphatic rings. The zero-order chi connectivity index (χ0) is 15.4. The highest BCUT2D eigenvalue weighted by Crippen LogP contribution is 2.30. The van der Waals surface area contributed by atoms with Gasteiger partial charge in [0.1, 0.15) is 0 Å². The highest BCUT2D eigenvalue weighted by atomic mass is 35.5. The van der Waals surface area contributed by atoms with Gasteiger partial charge in [0.25, 0.3) is 5.91 Å². The summed E-state index contributed by atoms with van der Waals surface area (Å²) in [6, 6.07) is 13.1. The molecule has 0 heterocycles. The lowest BCUT2D eigenvalue weighted by Crippen LogP contribution is -2.24. The first-order chi connectivity index (χ1) is 10.0. The molecule has 0 fully saturated rings. The van der Waals surface area contributed by atoms with Crippen molar-refractivity contribution in [3.8, 4) is 0 Å². The summed E-state index contributed by atoms with van der Waals surface area (Å²) in [7, 11) is 3.29. The number of hydrogen-bond donors (Lipinski definition) is 1. The third-order valence-electron chi connectivity index (χ3n) is 3.18. The van der Waals surface area contributed by atoms with Crippen molar-refractivity contribution in [1.82, 2.24) is 5.48 Å². The largest absolute Gasteiger partial charge is 0.344 e. The van der Waals surface area contributed by atoms with Gasteiger partial charge < -0.3 is 4.90 Å². The molecule has 0 saturated heterocycles. The van der Waals surface area contributed by atoms with E-state index in [0.717, 1.165) is 5.69 Å². The molecule has 2 rings (SSSR count). The van der Waals surface area contributed by atoms with Crippen molar-refractivity contribution >= 4 is 28.9 Å². The third kappa shape index (κ3) is 3.54. The number of anilines is 2. The molecule has 4 nitrogen and oxygen atoms in total. The molecule has 110 valence electrons. The fourth-order valence-electron chi connectivity index (χ4n) is 2.03. The molecule has 1 N–H and O–H groups in total. The van der Waals surface area contributed by atoms with E-state index >= 15 is 0 Å². The number of carbonyl (C=O) groups is 1. The van der Waals surface area contributed by atoms with E-state index in [2.05, 4.69) is 5.48 Å². The Hall–Kier alpha value is -2.04. The van der Waals surface area contributed by atoms with E-state index in [1.807, 2.05) is 43.1 Å². The van der Waals surface area contributed by atoms with Crippen LogP contribution in [0.5, 0.6) is 0 Å². The Morgan fingerprint density at radius 1 is 1.19 bits per heavy atom. The molecule has 2 aromatic carbocycles. The summed E-state index contributed by atoms with van der Waals surface area (Å²) in [5.41, 5.74) is 5.67. The minimum absolute atomic E-state index is 0.317. The van der Waals surface area contributed by atoms with Gasteiger partial charge in [0.15, 0.2) is 0 Å². The molecule has 1 amide bonds. The lowest BCUT2D eigenvalue weighted by molar-refractivity contribution is 0.0538. The number of hydrogen-bond acceptors (Lipinski definition) is 3. The monoisotopic (exact) mass is 304 g/mol. The summed E-state index contributed by atoms with van der Waals surface area (Å²) in [6.07, 6.45) is 0. The summed E-state index contributed by atoms with van der Waals surface area (Å²) in [5.74, 6) is -0.317. The first-order valence-corrected chi connectivity index (χ1v) is 6.84. The molecule has 0 radical (unpaired) electrons. The number of benzene rings is 2. The summed E-state index contributed by atoms with van der Waals surface area (Å²) < 4.78 is 0. The van der Waals surface area contributed by atoms with Crippen molar-refractivity contribution in [2.45, 2.75) is 6.92 Å². The maximum atomic E-state index is 12.1. The first-order valence-electron chi connectivity index (χ1n) is 6.46. The van der Waals surface area contributed by atoms with Crippen LogP contribution in [-0.2, 0) is 4.84 Å². The predicted molar refractivity (Wildman–Crippen MR) is 85.2 cm³/mol. The van der Waals surface area contributed by atoms with Gasteiger partial charge in [0, 0.05) is 17.8 Å². The van der Waals surface area contributed by atoms with Crippen LogP contribution in [0, 0.1) is 6.92 Å². The molecule has 5 heteroatoms. The number of halogens is 1. The maximum absolute atomic E-state index is 12.1. The molecule has 21 heavy (non-hydrogen) atoms. The van der Waals surface area contributed by atoms with Crippen molar-refractivity contribution in [2.75, 3.05) is 19.1 Å². The van der Waals surface area contributed by atoms with Crippen LogP contribution in [-0.4, -0.2) is 20.1 Å². The third-order valence-corrected chi connectivity index (χ3v) is 3.42. The number of hydroxylamine groups is 1. The molecule has 0 saturated carbocycles. The number of amides is 1. The molecular weight excluding hydrogens is 288 g/mol. The number of nitrogens with one attached hydrogen (secondary N) is 1. The zero-order valence-corrected chi connectivity index (χ0v) is 12.9. The van der Waals surface area contributed by atoms with Crippen LogP contribution in [0.15, 0.2) is 42.5 Å². The lowest BCUT2D eigenvalue weighted by atomic mass is 10.1. The van der Waals surface area contributed by atoms with Gasteiger partial charge in [-0.25, -0.2) is 5.48 Å². The second-order valence-electron chi connectivity index (χ2n) is 4.69. The average molecular weight is 305 g/mol. The van der Waals surface area contributed by atoms with Crippen LogP contribution in [0.1, 0.15) is 15.9 Å². The van der Waals surface area contributed by atoms with Gasteiger partial charge in [-0.05, 0) is 37.3 Å². The minimum atomic E-state index is -0.317. The maximum Gasteiger partial charge on any atom is 0.276 e. The summed E-state index contributed by atoms with van der Waals surface area (Å²) in [4.78, 5) is 18.7. The van der Waals surface area contributed by atoms with Crippen molar-refractivity contribution in [3.05, 3.63) is 58.6 Å². The van der Waals surface area contributed by atoms with Crippen LogP contribution in [0.2, 0.25) is 5.02 Å². The second kappa shape index (κ2) is 6.61. The highest BCUT2D eigenvalue weighted by Gasteiger charge is 2.16. The van der Waals surface area contributed by atoms with E-state index in [1.165, 1.54) is 12.7 Å². The molecule has 0 atom stereocenters. The number of rotatable bonds is 4. The Bertz CT molecular complexity index is 641. The van der Waals surface area contributed by atoms with Crippen molar-refractivity contribution in [2.24, 2.45) is 0 Å². The quantitative estimate of drug-likeness (QED) is 0.876. The Morgan fingerprint density at radius 2 is 1.86 bits per heavy atom.